The van der Waals surface area contributed by atoms with E-state index in [1.54, 1.807) is 0 Å². The van der Waals surface area contributed by atoms with E-state index in [2.05, 4.69) is 6.08 Å². The van der Waals surface area contributed by atoms with E-state index < -0.39 is 0 Å². The maximum atomic E-state index is 9.29. The minimum atomic E-state index is -0.0228. The number of aromatic nitrogens is 1. The number of anilines is 1. The van der Waals surface area contributed by atoms with Crippen LogP contribution in [0.25, 0.3) is 10.9 Å². The summed E-state index contributed by atoms with van der Waals surface area (Å²) in [6.45, 7) is 0.0930. The summed E-state index contributed by atoms with van der Waals surface area (Å²) in [5.74, 6) is 0.893. The van der Waals surface area contributed by atoms with Crippen LogP contribution in [0.2, 0.25) is 5.02 Å². The summed E-state index contributed by atoms with van der Waals surface area (Å²) in [6.07, 6.45) is 7.21. The highest BCUT2D eigenvalue weighted by atomic mass is 35.5. The van der Waals surface area contributed by atoms with Gasteiger partial charge in [-0.3, -0.25) is 4.98 Å². The van der Waals surface area contributed by atoms with Crippen molar-refractivity contribution in [2.75, 3.05) is 18.9 Å². The number of aliphatic hydroxyl groups is 2. The van der Waals surface area contributed by atoms with Crippen molar-refractivity contribution in [3.63, 3.8) is 0 Å². The lowest BCUT2D eigenvalue weighted by Crippen LogP contribution is -2.25. The van der Waals surface area contributed by atoms with Crippen molar-refractivity contribution >= 4 is 28.2 Å². The lowest BCUT2D eigenvalue weighted by Gasteiger charge is -2.36. The fraction of sp³-hybridized carbons (Fsp3) is 0.476. The Morgan fingerprint density at radius 2 is 2.04 bits per heavy atom. The SMILES string of the molecule is Nc1c2c(nc3cc(Cl)ccc13)CC1C=C(CCC(CO)CO)CC2C1. The summed E-state index contributed by atoms with van der Waals surface area (Å²) >= 11 is 6.13. The summed E-state index contributed by atoms with van der Waals surface area (Å²) in [6, 6.07) is 5.73. The highest BCUT2D eigenvalue weighted by Crippen LogP contribution is 2.47. The maximum absolute atomic E-state index is 9.29. The van der Waals surface area contributed by atoms with Gasteiger partial charge in [-0.2, -0.15) is 0 Å². The largest absolute Gasteiger partial charge is 0.398 e. The number of pyridine rings is 1. The molecule has 138 valence electrons. The molecule has 2 aliphatic carbocycles. The second kappa shape index (κ2) is 7.18. The van der Waals surface area contributed by atoms with Gasteiger partial charge in [-0.05, 0) is 62.1 Å². The van der Waals surface area contributed by atoms with Gasteiger partial charge >= 0.3 is 0 Å². The minimum Gasteiger partial charge on any atom is -0.398 e. The molecule has 0 amide bonds. The molecule has 1 aromatic heterocycles. The quantitative estimate of drug-likeness (QED) is 0.697. The second-order valence-corrected chi connectivity index (χ2v) is 8.18. The number of hydrogen-bond acceptors (Lipinski definition) is 4. The highest BCUT2D eigenvalue weighted by Gasteiger charge is 2.33. The Balaban J connectivity index is 1.63. The van der Waals surface area contributed by atoms with Gasteiger partial charge in [0, 0.05) is 46.5 Å². The number of rotatable bonds is 5. The molecule has 4 N–H and O–H groups in total. The first-order chi connectivity index (χ1) is 12.6. The predicted molar refractivity (Wildman–Crippen MR) is 105 cm³/mol. The van der Waals surface area contributed by atoms with Crippen LogP contribution in [0.4, 0.5) is 5.69 Å². The molecule has 0 aliphatic heterocycles. The lowest BCUT2D eigenvalue weighted by molar-refractivity contribution is 0.143. The summed E-state index contributed by atoms with van der Waals surface area (Å²) in [4.78, 5) is 4.89. The van der Waals surface area contributed by atoms with Gasteiger partial charge in [-0.1, -0.05) is 23.3 Å². The summed E-state index contributed by atoms with van der Waals surface area (Å²) < 4.78 is 0. The number of hydrogen-bond donors (Lipinski definition) is 3. The van der Waals surface area contributed by atoms with Crippen LogP contribution in [0.15, 0.2) is 29.8 Å². The molecule has 0 radical (unpaired) electrons. The smallest absolute Gasteiger partial charge is 0.0741 e. The van der Waals surface area contributed by atoms with Gasteiger partial charge in [0.05, 0.1) is 5.52 Å². The molecular formula is C21H25ClN2O2. The van der Waals surface area contributed by atoms with Crippen LogP contribution in [-0.2, 0) is 6.42 Å². The number of fused-ring (bicyclic) bond motifs is 5. The van der Waals surface area contributed by atoms with E-state index in [1.807, 2.05) is 18.2 Å². The Hall–Kier alpha value is -1.62. The van der Waals surface area contributed by atoms with E-state index in [-0.39, 0.29) is 19.1 Å². The Morgan fingerprint density at radius 3 is 2.81 bits per heavy atom. The summed E-state index contributed by atoms with van der Waals surface area (Å²) in [7, 11) is 0. The van der Waals surface area contributed by atoms with Gasteiger partial charge in [-0.25, -0.2) is 0 Å². The monoisotopic (exact) mass is 372 g/mol. The molecule has 0 saturated heterocycles. The van der Waals surface area contributed by atoms with Crippen molar-refractivity contribution in [2.45, 2.75) is 38.0 Å². The van der Waals surface area contributed by atoms with Crippen LogP contribution >= 0.6 is 11.6 Å². The number of aliphatic hydroxyl groups excluding tert-OH is 2. The lowest BCUT2D eigenvalue weighted by atomic mass is 9.70. The zero-order chi connectivity index (χ0) is 18.3. The number of nitrogens with zero attached hydrogens (tertiary/aromatic N) is 1. The van der Waals surface area contributed by atoms with E-state index in [9.17, 15) is 10.2 Å². The number of nitrogens with two attached hydrogens (primary N) is 1. The molecule has 2 aliphatic rings. The number of halogens is 1. The first-order valence-corrected chi connectivity index (χ1v) is 9.75. The van der Waals surface area contributed by atoms with Gasteiger partial charge < -0.3 is 15.9 Å². The normalized spacial score (nSPS) is 21.8. The molecule has 4 rings (SSSR count). The van der Waals surface area contributed by atoms with E-state index in [1.165, 1.54) is 11.1 Å². The van der Waals surface area contributed by atoms with Crippen molar-refractivity contribution in [1.82, 2.24) is 4.98 Å². The molecule has 2 unspecified atom stereocenters. The molecule has 2 atom stereocenters. The Kier molecular flexibility index (Phi) is 4.91. The third-order valence-corrected chi connectivity index (χ3v) is 6.16. The average Bonchev–Trinajstić information content (AvgIpc) is 2.61. The molecular weight excluding hydrogens is 348 g/mol. The Morgan fingerprint density at radius 1 is 1.23 bits per heavy atom. The van der Waals surface area contributed by atoms with Crippen LogP contribution in [-0.4, -0.2) is 28.4 Å². The molecule has 0 fully saturated rings. The molecule has 2 bridgehead atoms. The predicted octanol–water partition coefficient (Wildman–Crippen LogP) is 3.83. The number of benzene rings is 1. The maximum Gasteiger partial charge on any atom is 0.0741 e. The van der Waals surface area contributed by atoms with Gasteiger partial charge in [0.2, 0.25) is 0 Å². The fourth-order valence-electron chi connectivity index (χ4n) is 4.60. The molecule has 1 aromatic carbocycles. The van der Waals surface area contributed by atoms with E-state index in [0.717, 1.165) is 54.4 Å². The molecule has 0 saturated carbocycles. The summed E-state index contributed by atoms with van der Waals surface area (Å²) in [5.41, 5.74) is 12.1. The van der Waals surface area contributed by atoms with Crippen molar-refractivity contribution in [1.29, 1.82) is 0 Å². The molecule has 4 nitrogen and oxygen atoms in total. The summed E-state index contributed by atoms with van der Waals surface area (Å²) in [5, 5.41) is 20.3. The average molecular weight is 373 g/mol. The number of nitrogen functional groups attached to an aromatic ring is 1. The van der Waals surface area contributed by atoms with Crippen molar-refractivity contribution < 1.29 is 10.2 Å². The Labute approximate surface area is 158 Å². The Bertz CT molecular complexity index is 861. The molecule has 1 heterocycles. The topological polar surface area (TPSA) is 79.4 Å². The zero-order valence-electron chi connectivity index (χ0n) is 14.8. The standard InChI is InChI=1S/C21H25ClN2O2/c22-16-3-4-17-18(9-16)24-19-8-14-5-12(1-2-13(10-25)11-26)6-15(7-14)20(19)21(17)23/h3-5,9,13-15,25-26H,1-2,6-8,10-11H2,(H2,23,24). The van der Waals surface area contributed by atoms with Gasteiger partial charge in [0.15, 0.2) is 0 Å². The third-order valence-electron chi connectivity index (χ3n) is 5.93. The van der Waals surface area contributed by atoms with Crippen LogP contribution < -0.4 is 5.73 Å². The van der Waals surface area contributed by atoms with E-state index in [0.29, 0.717) is 16.9 Å². The van der Waals surface area contributed by atoms with Crippen molar-refractivity contribution in [3.05, 3.63) is 46.1 Å². The van der Waals surface area contributed by atoms with Crippen LogP contribution in [0.5, 0.6) is 0 Å². The van der Waals surface area contributed by atoms with Crippen LogP contribution in [0, 0.1) is 11.8 Å². The molecule has 0 spiro atoms. The van der Waals surface area contributed by atoms with Gasteiger partial charge in [0.1, 0.15) is 0 Å². The van der Waals surface area contributed by atoms with Crippen LogP contribution in [0.1, 0.15) is 42.9 Å². The number of allylic oxidation sites excluding steroid dienone is 2. The van der Waals surface area contributed by atoms with Crippen molar-refractivity contribution in [3.8, 4) is 0 Å². The van der Waals surface area contributed by atoms with Crippen molar-refractivity contribution in [2.24, 2.45) is 11.8 Å². The third kappa shape index (κ3) is 3.22. The van der Waals surface area contributed by atoms with Gasteiger partial charge in [0.25, 0.3) is 0 Å². The van der Waals surface area contributed by atoms with E-state index in [4.69, 9.17) is 22.3 Å². The van der Waals surface area contributed by atoms with Gasteiger partial charge in [-0.15, -0.1) is 0 Å². The zero-order valence-corrected chi connectivity index (χ0v) is 15.5. The minimum absolute atomic E-state index is 0.0228. The highest BCUT2D eigenvalue weighted by molar-refractivity contribution is 6.31. The first kappa shape index (κ1) is 17.8. The van der Waals surface area contributed by atoms with E-state index >= 15 is 0 Å². The molecule has 5 heteroatoms. The van der Waals surface area contributed by atoms with Crippen LogP contribution in [0.3, 0.4) is 0 Å². The fourth-order valence-corrected chi connectivity index (χ4v) is 4.77. The molecule has 2 aromatic rings. The first-order valence-electron chi connectivity index (χ1n) is 9.37. The second-order valence-electron chi connectivity index (χ2n) is 7.74. The molecule has 26 heavy (non-hydrogen) atoms.